The highest BCUT2D eigenvalue weighted by Crippen LogP contribution is 2.31. The largest absolute Gasteiger partial charge is 0.379 e. The van der Waals surface area contributed by atoms with Gasteiger partial charge in [0.15, 0.2) is 0 Å². The van der Waals surface area contributed by atoms with Crippen molar-refractivity contribution in [2.75, 3.05) is 31.7 Å². The van der Waals surface area contributed by atoms with Crippen molar-refractivity contribution in [3.63, 3.8) is 0 Å². The summed E-state index contributed by atoms with van der Waals surface area (Å²) in [6.45, 7) is 3.47. The van der Waals surface area contributed by atoms with Crippen molar-refractivity contribution in [1.29, 1.82) is 0 Å². The second-order valence-corrected chi connectivity index (χ2v) is 6.75. The SMILES string of the molecule is CN(CCOCC1CC1)c1c(Cl)cccc1CNC1CC1. The Labute approximate surface area is 132 Å². The Hall–Kier alpha value is -0.770. The smallest absolute Gasteiger partial charge is 0.0642 e. The number of benzene rings is 1. The lowest BCUT2D eigenvalue weighted by molar-refractivity contribution is 0.131. The molecule has 0 spiro atoms. The average molecular weight is 309 g/mol. The fraction of sp³-hybridized carbons (Fsp3) is 0.647. The number of rotatable bonds is 9. The van der Waals surface area contributed by atoms with Crippen LogP contribution in [0.1, 0.15) is 31.2 Å². The van der Waals surface area contributed by atoms with E-state index in [-0.39, 0.29) is 0 Å². The number of nitrogens with zero attached hydrogens (tertiary/aromatic N) is 1. The lowest BCUT2D eigenvalue weighted by Gasteiger charge is -2.24. The molecule has 3 rings (SSSR count). The van der Waals surface area contributed by atoms with Gasteiger partial charge in [-0.3, -0.25) is 0 Å². The quantitative estimate of drug-likeness (QED) is 0.707. The maximum atomic E-state index is 6.42. The van der Waals surface area contributed by atoms with E-state index in [9.17, 15) is 0 Å². The topological polar surface area (TPSA) is 24.5 Å². The Bertz CT molecular complexity index is 472. The summed E-state index contributed by atoms with van der Waals surface area (Å²) in [5.74, 6) is 0.828. The van der Waals surface area contributed by atoms with Gasteiger partial charge in [0.05, 0.1) is 17.3 Å². The third-order valence-corrected chi connectivity index (χ3v) is 4.54. The van der Waals surface area contributed by atoms with E-state index < -0.39 is 0 Å². The molecule has 1 aromatic rings. The Morgan fingerprint density at radius 2 is 2.10 bits per heavy atom. The maximum Gasteiger partial charge on any atom is 0.0642 e. The molecule has 0 atom stereocenters. The molecule has 0 aliphatic heterocycles. The van der Waals surface area contributed by atoms with E-state index in [0.29, 0.717) is 6.04 Å². The van der Waals surface area contributed by atoms with E-state index in [1.807, 2.05) is 12.1 Å². The van der Waals surface area contributed by atoms with Gasteiger partial charge in [-0.15, -0.1) is 0 Å². The van der Waals surface area contributed by atoms with Gasteiger partial charge >= 0.3 is 0 Å². The Morgan fingerprint density at radius 3 is 2.81 bits per heavy atom. The fourth-order valence-corrected chi connectivity index (χ4v) is 2.86. The zero-order valence-electron chi connectivity index (χ0n) is 12.8. The number of nitrogens with one attached hydrogen (secondary N) is 1. The van der Waals surface area contributed by atoms with Crippen LogP contribution in [0.25, 0.3) is 0 Å². The molecule has 21 heavy (non-hydrogen) atoms. The average Bonchev–Trinajstić information content (AvgIpc) is 3.36. The molecule has 1 N–H and O–H groups in total. The molecule has 2 saturated carbocycles. The van der Waals surface area contributed by atoms with Gasteiger partial charge < -0.3 is 15.0 Å². The number of halogens is 1. The summed E-state index contributed by atoms with van der Waals surface area (Å²) in [4.78, 5) is 2.22. The third-order valence-electron chi connectivity index (χ3n) is 4.23. The minimum Gasteiger partial charge on any atom is -0.379 e. The first kappa shape index (κ1) is 15.1. The standard InChI is InChI=1S/C17H25ClN2O/c1-20(9-10-21-12-13-5-6-13)17-14(3-2-4-16(17)18)11-19-15-7-8-15/h2-4,13,15,19H,5-12H2,1H3. The van der Waals surface area contributed by atoms with Crippen molar-refractivity contribution in [3.05, 3.63) is 28.8 Å². The van der Waals surface area contributed by atoms with Crippen LogP contribution in [0.3, 0.4) is 0 Å². The molecule has 2 aliphatic rings. The van der Waals surface area contributed by atoms with Gasteiger partial charge in [0.1, 0.15) is 0 Å². The molecule has 2 fully saturated rings. The molecule has 0 aromatic heterocycles. The minimum absolute atomic E-state index is 0.712. The summed E-state index contributed by atoms with van der Waals surface area (Å²) in [6.07, 6.45) is 5.30. The zero-order valence-corrected chi connectivity index (χ0v) is 13.5. The summed E-state index contributed by atoms with van der Waals surface area (Å²) >= 11 is 6.42. The van der Waals surface area contributed by atoms with Crippen LogP contribution in [-0.2, 0) is 11.3 Å². The van der Waals surface area contributed by atoms with Crippen LogP contribution in [0.2, 0.25) is 5.02 Å². The molecule has 2 aliphatic carbocycles. The van der Waals surface area contributed by atoms with E-state index >= 15 is 0 Å². The van der Waals surface area contributed by atoms with Gasteiger partial charge in [-0.1, -0.05) is 23.7 Å². The molecule has 1 aromatic carbocycles. The Balaban J connectivity index is 1.54. The molecular weight excluding hydrogens is 284 g/mol. The molecule has 3 nitrogen and oxygen atoms in total. The van der Waals surface area contributed by atoms with Crippen LogP contribution in [-0.4, -0.2) is 32.8 Å². The van der Waals surface area contributed by atoms with E-state index in [1.54, 1.807) is 0 Å². The summed E-state index contributed by atoms with van der Waals surface area (Å²) in [6, 6.07) is 6.88. The molecule has 4 heteroatoms. The predicted octanol–water partition coefficient (Wildman–Crippen LogP) is 3.45. The van der Waals surface area contributed by atoms with Crippen LogP contribution in [0.5, 0.6) is 0 Å². The summed E-state index contributed by atoms with van der Waals surface area (Å²) in [5.41, 5.74) is 2.42. The second kappa shape index (κ2) is 6.99. The van der Waals surface area contributed by atoms with E-state index in [4.69, 9.17) is 16.3 Å². The van der Waals surface area contributed by atoms with Crippen molar-refractivity contribution in [1.82, 2.24) is 5.32 Å². The first-order chi connectivity index (χ1) is 10.2. The van der Waals surface area contributed by atoms with Gasteiger partial charge in [-0.25, -0.2) is 0 Å². The first-order valence-electron chi connectivity index (χ1n) is 8.03. The summed E-state index contributed by atoms with van der Waals surface area (Å²) < 4.78 is 5.74. The lowest BCUT2D eigenvalue weighted by atomic mass is 10.1. The zero-order chi connectivity index (χ0) is 14.7. The molecule has 0 bridgehead atoms. The van der Waals surface area contributed by atoms with E-state index in [1.165, 1.54) is 31.2 Å². The highest BCUT2D eigenvalue weighted by Gasteiger charge is 2.22. The van der Waals surface area contributed by atoms with Crippen molar-refractivity contribution in [2.24, 2.45) is 5.92 Å². The monoisotopic (exact) mass is 308 g/mol. The highest BCUT2D eigenvalue weighted by molar-refractivity contribution is 6.33. The van der Waals surface area contributed by atoms with Crippen molar-refractivity contribution >= 4 is 17.3 Å². The number of anilines is 1. The summed E-state index contributed by atoms with van der Waals surface area (Å²) in [7, 11) is 2.10. The predicted molar refractivity (Wildman–Crippen MR) is 88.1 cm³/mol. The third kappa shape index (κ3) is 4.60. The maximum absolute atomic E-state index is 6.42. The summed E-state index contributed by atoms with van der Waals surface area (Å²) in [5, 5.41) is 4.40. The van der Waals surface area contributed by atoms with Gasteiger partial charge in [0.2, 0.25) is 0 Å². The highest BCUT2D eigenvalue weighted by atomic mass is 35.5. The van der Waals surface area contributed by atoms with Crippen LogP contribution < -0.4 is 10.2 Å². The van der Waals surface area contributed by atoms with Crippen molar-refractivity contribution in [3.8, 4) is 0 Å². The molecule has 0 amide bonds. The number of para-hydroxylation sites is 1. The van der Waals surface area contributed by atoms with Gasteiger partial charge in [0.25, 0.3) is 0 Å². The molecule has 0 heterocycles. The number of likely N-dealkylation sites (N-methyl/N-ethyl adjacent to an activating group) is 1. The first-order valence-corrected chi connectivity index (χ1v) is 8.41. The van der Waals surface area contributed by atoms with Crippen LogP contribution in [0.4, 0.5) is 5.69 Å². The second-order valence-electron chi connectivity index (χ2n) is 6.34. The van der Waals surface area contributed by atoms with E-state index in [2.05, 4.69) is 23.3 Å². The number of ether oxygens (including phenoxy) is 1. The molecule has 0 saturated heterocycles. The Morgan fingerprint density at radius 1 is 1.29 bits per heavy atom. The fourth-order valence-electron chi connectivity index (χ4n) is 2.52. The van der Waals surface area contributed by atoms with Crippen LogP contribution in [0.15, 0.2) is 18.2 Å². The number of hydrogen-bond donors (Lipinski definition) is 1. The molecular formula is C17H25ClN2O. The van der Waals surface area contributed by atoms with E-state index in [0.717, 1.165) is 42.9 Å². The van der Waals surface area contributed by atoms with Gasteiger partial charge in [-0.05, 0) is 43.2 Å². The van der Waals surface area contributed by atoms with Crippen molar-refractivity contribution in [2.45, 2.75) is 38.3 Å². The Kier molecular flexibility index (Phi) is 5.04. The molecule has 0 unspecified atom stereocenters. The minimum atomic E-state index is 0.712. The number of hydrogen-bond acceptors (Lipinski definition) is 3. The molecule has 116 valence electrons. The normalized spacial score (nSPS) is 18.0. The van der Waals surface area contributed by atoms with Crippen LogP contribution >= 0.6 is 11.6 Å². The lowest BCUT2D eigenvalue weighted by Crippen LogP contribution is -2.26. The van der Waals surface area contributed by atoms with Gasteiger partial charge in [-0.2, -0.15) is 0 Å². The van der Waals surface area contributed by atoms with Crippen LogP contribution in [0, 0.1) is 5.92 Å². The molecule has 0 radical (unpaired) electrons. The van der Waals surface area contributed by atoms with Crippen molar-refractivity contribution < 1.29 is 4.74 Å². The van der Waals surface area contributed by atoms with Gasteiger partial charge in [0, 0.05) is 32.8 Å².